The molecule has 0 fully saturated rings. The van der Waals surface area contributed by atoms with E-state index >= 15 is 0 Å². The lowest BCUT2D eigenvalue weighted by atomic mass is 9.83. The summed E-state index contributed by atoms with van der Waals surface area (Å²) in [7, 11) is 0. The van der Waals surface area contributed by atoms with Crippen molar-refractivity contribution in [2.75, 3.05) is 0 Å². The van der Waals surface area contributed by atoms with Gasteiger partial charge in [-0.3, -0.25) is 0 Å². The van der Waals surface area contributed by atoms with Crippen LogP contribution in [0.5, 0.6) is 0 Å². The predicted molar refractivity (Wildman–Crippen MR) is 59.5 cm³/mol. The molecule has 0 aromatic carbocycles. The van der Waals surface area contributed by atoms with Gasteiger partial charge < -0.3 is 0 Å². The van der Waals surface area contributed by atoms with E-state index in [1.165, 1.54) is 16.7 Å². The Bertz CT molecular complexity index is 300. The molecule has 1 aliphatic rings. The fraction of sp³-hybridized carbons (Fsp3) is 0.231. The summed E-state index contributed by atoms with van der Waals surface area (Å²) in [6.45, 7) is 13.7. The summed E-state index contributed by atoms with van der Waals surface area (Å²) in [6, 6.07) is 0. The van der Waals surface area contributed by atoms with Crippen molar-refractivity contribution in [1.29, 1.82) is 0 Å². The lowest BCUT2D eigenvalue weighted by molar-refractivity contribution is 0.737. The summed E-state index contributed by atoms with van der Waals surface area (Å²) < 4.78 is 0. The van der Waals surface area contributed by atoms with Crippen LogP contribution < -0.4 is 0 Å². The van der Waals surface area contributed by atoms with Gasteiger partial charge in [-0.05, 0) is 24.5 Å². The van der Waals surface area contributed by atoms with Gasteiger partial charge in [-0.15, -0.1) is 6.58 Å². The first-order chi connectivity index (χ1) is 6.19. The lowest BCUT2D eigenvalue weighted by Gasteiger charge is -2.22. The van der Waals surface area contributed by atoms with Crippen LogP contribution in [-0.2, 0) is 0 Å². The van der Waals surface area contributed by atoms with E-state index in [0.29, 0.717) is 5.92 Å². The number of allylic oxidation sites excluding steroid dienone is 7. The highest BCUT2D eigenvalue weighted by Gasteiger charge is 2.15. The van der Waals surface area contributed by atoms with Gasteiger partial charge in [0.05, 0.1) is 0 Å². The Balaban J connectivity index is 3.01. The van der Waals surface area contributed by atoms with E-state index in [-0.39, 0.29) is 0 Å². The molecule has 0 N–H and O–H groups in total. The van der Waals surface area contributed by atoms with E-state index in [1.807, 2.05) is 12.2 Å². The molecule has 0 saturated heterocycles. The van der Waals surface area contributed by atoms with Gasteiger partial charge in [0, 0.05) is 5.92 Å². The van der Waals surface area contributed by atoms with Crippen molar-refractivity contribution in [3.05, 3.63) is 60.8 Å². The largest absolute Gasteiger partial charge is 0.102 e. The Hall–Kier alpha value is -1.30. The van der Waals surface area contributed by atoms with Crippen LogP contribution in [0.4, 0.5) is 0 Å². The van der Waals surface area contributed by atoms with Gasteiger partial charge in [0.15, 0.2) is 0 Å². The molecule has 0 aromatic rings. The van der Waals surface area contributed by atoms with Gasteiger partial charge in [0.25, 0.3) is 0 Å². The highest BCUT2D eigenvalue weighted by Crippen LogP contribution is 2.31. The van der Waals surface area contributed by atoms with E-state index < -0.39 is 0 Å². The summed E-state index contributed by atoms with van der Waals surface area (Å²) in [4.78, 5) is 0. The maximum Gasteiger partial charge on any atom is 0.00150 e. The van der Waals surface area contributed by atoms with Crippen molar-refractivity contribution in [2.24, 2.45) is 5.92 Å². The molecule has 1 rings (SSSR count). The molecule has 1 aliphatic carbocycles. The van der Waals surface area contributed by atoms with E-state index in [4.69, 9.17) is 0 Å². The van der Waals surface area contributed by atoms with Crippen LogP contribution in [-0.4, -0.2) is 0 Å². The molecule has 0 aromatic heterocycles. The minimum Gasteiger partial charge on any atom is -0.102 e. The van der Waals surface area contributed by atoms with Crippen LogP contribution in [0.25, 0.3) is 0 Å². The van der Waals surface area contributed by atoms with Crippen molar-refractivity contribution < 1.29 is 0 Å². The number of hydrogen-bond donors (Lipinski definition) is 0. The van der Waals surface area contributed by atoms with E-state index in [2.05, 4.69) is 32.7 Å². The SMILES string of the molecule is C=C/C=C1/C=C(C)C(C=C)CC1=C. The Kier molecular flexibility index (Phi) is 3.07. The van der Waals surface area contributed by atoms with Gasteiger partial charge in [-0.1, -0.05) is 43.0 Å². The average Bonchev–Trinajstić information content (AvgIpc) is 2.11. The summed E-state index contributed by atoms with van der Waals surface area (Å²) in [5.74, 6) is 0.467. The second-order valence-electron chi connectivity index (χ2n) is 3.40. The third kappa shape index (κ3) is 2.09. The monoisotopic (exact) mass is 172 g/mol. The minimum atomic E-state index is 0.467. The normalized spacial score (nSPS) is 25.6. The molecule has 0 heteroatoms. The number of hydrogen-bond acceptors (Lipinski definition) is 0. The Morgan fingerprint density at radius 2 is 2.15 bits per heavy atom. The molecule has 1 atom stereocenters. The first kappa shape index (κ1) is 9.79. The highest BCUT2D eigenvalue weighted by atomic mass is 14.2. The highest BCUT2D eigenvalue weighted by molar-refractivity contribution is 5.46. The molecule has 0 amide bonds. The van der Waals surface area contributed by atoms with Gasteiger partial charge in [0.1, 0.15) is 0 Å². The van der Waals surface area contributed by atoms with E-state index in [0.717, 1.165) is 6.42 Å². The molecule has 68 valence electrons. The van der Waals surface area contributed by atoms with Crippen LogP contribution in [0, 0.1) is 5.92 Å². The molecular formula is C13H16. The van der Waals surface area contributed by atoms with Crippen molar-refractivity contribution in [2.45, 2.75) is 13.3 Å². The van der Waals surface area contributed by atoms with Crippen LogP contribution in [0.3, 0.4) is 0 Å². The zero-order valence-electron chi connectivity index (χ0n) is 8.22. The van der Waals surface area contributed by atoms with Gasteiger partial charge in [0.2, 0.25) is 0 Å². The molecule has 0 nitrogen and oxygen atoms in total. The van der Waals surface area contributed by atoms with Crippen molar-refractivity contribution in [1.82, 2.24) is 0 Å². The molecule has 13 heavy (non-hydrogen) atoms. The molecule has 0 spiro atoms. The zero-order chi connectivity index (χ0) is 9.84. The predicted octanol–water partition coefficient (Wildman–Crippen LogP) is 3.81. The van der Waals surface area contributed by atoms with Crippen LogP contribution >= 0.6 is 0 Å². The topological polar surface area (TPSA) is 0 Å². The van der Waals surface area contributed by atoms with Crippen molar-refractivity contribution in [3.8, 4) is 0 Å². The first-order valence-electron chi connectivity index (χ1n) is 4.50. The lowest BCUT2D eigenvalue weighted by Crippen LogP contribution is -2.06. The smallest absolute Gasteiger partial charge is 0.00150 e. The van der Waals surface area contributed by atoms with Crippen LogP contribution in [0.1, 0.15) is 13.3 Å². The van der Waals surface area contributed by atoms with Crippen molar-refractivity contribution in [3.63, 3.8) is 0 Å². The molecular weight excluding hydrogens is 156 g/mol. The van der Waals surface area contributed by atoms with Gasteiger partial charge in [-0.2, -0.15) is 0 Å². The molecule has 1 unspecified atom stereocenters. The molecule has 0 bridgehead atoms. The summed E-state index contributed by atoms with van der Waals surface area (Å²) >= 11 is 0. The fourth-order valence-electron chi connectivity index (χ4n) is 1.56. The standard InChI is InChI=1S/C13H16/c1-5-7-13-9-10(3)12(6-2)8-11(13)4/h5-7,9,12H,1-2,4,8H2,3H3/b13-7-. The minimum absolute atomic E-state index is 0.467. The summed E-state index contributed by atoms with van der Waals surface area (Å²) in [6.07, 6.45) is 8.96. The quantitative estimate of drug-likeness (QED) is 0.556. The Labute approximate surface area is 80.7 Å². The second kappa shape index (κ2) is 4.08. The van der Waals surface area contributed by atoms with Gasteiger partial charge >= 0.3 is 0 Å². The number of rotatable bonds is 2. The molecule has 0 heterocycles. The van der Waals surface area contributed by atoms with Crippen molar-refractivity contribution >= 4 is 0 Å². The Morgan fingerprint density at radius 3 is 2.69 bits per heavy atom. The zero-order valence-corrected chi connectivity index (χ0v) is 8.22. The maximum atomic E-state index is 4.04. The van der Waals surface area contributed by atoms with E-state index in [1.54, 1.807) is 6.08 Å². The molecule has 0 saturated carbocycles. The second-order valence-corrected chi connectivity index (χ2v) is 3.40. The average molecular weight is 172 g/mol. The first-order valence-corrected chi connectivity index (χ1v) is 4.50. The summed E-state index contributed by atoms with van der Waals surface area (Å²) in [5.41, 5.74) is 3.73. The van der Waals surface area contributed by atoms with Gasteiger partial charge in [-0.25, -0.2) is 0 Å². The molecule has 0 aliphatic heterocycles. The molecule has 0 radical (unpaired) electrons. The summed E-state index contributed by atoms with van der Waals surface area (Å²) in [5, 5.41) is 0. The Morgan fingerprint density at radius 1 is 1.46 bits per heavy atom. The maximum absolute atomic E-state index is 4.04. The van der Waals surface area contributed by atoms with Crippen LogP contribution in [0.15, 0.2) is 60.8 Å². The third-order valence-corrected chi connectivity index (χ3v) is 2.42. The fourth-order valence-corrected chi connectivity index (χ4v) is 1.56. The van der Waals surface area contributed by atoms with E-state index in [9.17, 15) is 0 Å². The third-order valence-electron chi connectivity index (χ3n) is 2.42. The van der Waals surface area contributed by atoms with Crippen LogP contribution in [0.2, 0.25) is 0 Å².